The van der Waals surface area contributed by atoms with E-state index < -0.39 is 11.7 Å². The highest BCUT2D eigenvalue weighted by atomic mass is 19.1. The second-order valence-corrected chi connectivity index (χ2v) is 5.57. The van der Waals surface area contributed by atoms with E-state index in [1.807, 2.05) is 0 Å². The lowest BCUT2D eigenvalue weighted by Gasteiger charge is -2.19. The molecule has 2 aromatic rings. The van der Waals surface area contributed by atoms with E-state index in [2.05, 4.69) is 10.1 Å². The molecular weight excluding hydrogens is 317 g/mol. The molecule has 0 N–H and O–H groups in total. The first-order valence-corrected chi connectivity index (χ1v) is 7.55. The van der Waals surface area contributed by atoms with Crippen LogP contribution in [0.1, 0.15) is 34.4 Å². The zero-order valence-corrected chi connectivity index (χ0v) is 13.7. The quantitative estimate of drug-likeness (QED) is 0.852. The van der Waals surface area contributed by atoms with E-state index in [0.717, 1.165) is 0 Å². The largest absolute Gasteiger partial charge is 0.493 e. The number of methoxy groups -OCH3 is 2. The molecule has 0 bridgehead atoms. The van der Waals surface area contributed by atoms with Gasteiger partial charge >= 0.3 is 0 Å². The van der Waals surface area contributed by atoms with Gasteiger partial charge in [0.1, 0.15) is 11.4 Å². The molecule has 1 fully saturated rings. The van der Waals surface area contributed by atoms with E-state index in [-0.39, 0.29) is 17.2 Å². The van der Waals surface area contributed by atoms with Gasteiger partial charge in [-0.15, -0.1) is 0 Å². The molecule has 1 aromatic heterocycles. The summed E-state index contributed by atoms with van der Waals surface area (Å²) in [5.74, 6) is 0.327. The lowest BCUT2D eigenvalue weighted by Crippen LogP contribution is -2.29. The molecule has 0 aliphatic carbocycles. The van der Waals surface area contributed by atoms with Crippen LogP contribution in [0, 0.1) is 12.7 Å². The van der Waals surface area contributed by atoms with Gasteiger partial charge in [-0.3, -0.25) is 4.79 Å². The number of amides is 1. The number of benzene rings is 1. The monoisotopic (exact) mass is 335 g/mol. The lowest BCUT2D eigenvalue weighted by molar-refractivity contribution is 0.0780. The number of aromatic nitrogens is 2. The van der Waals surface area contributed by atoms with Gasteiger partial charge in [0.25, 0.3) is 5.91 Å². The molecule has 128 valence electrons. The summed E-state index contributed by atoms with van der Waals surface area (Å²) in [6, 6.07) is 2.63. The number of carbonyl (C=O) groups excluding carboxylic acids is 1. The Morgan fingerprint density at radius 2 is 2.17 bits per heavy atom. The van der Waals surface area contributed by atoms with Crippen LogP contribution in [0.25, 0.3) is 0 Å². The van der Waals surface area contributed by atoms with Gasteiger partial charge < -0.3 is 18.9 Å². The highest BCUT2D eigenvalue weighted by Gasteiger charge is 2.34. The third-order valence-electron chi connectivity index (χ3n) is 4.08. The van der Waals surface area contributed by atoms with Crippen molar-refractivity contribution in [3.05, 3.63) is 35.2 Å². The van der Waals surface area contributed by atoms with Crippen LogP contribution >= 0.6 is 0 Å². The minimum absolute atomic E-state index is 0.0465. The minimum Gasteiger partial charge on any atom is -0.493 e. The standard InChI is InChI=1S/C16H18FN3O4/c1-9-18-15(24-19-9)10-6-7-20(8-10)16(21)13-11(17)4-5-12(22-2)14(13)23-3/h4-5,10H,6-8H2,1-3H3. The highest BCUT2D eigenvalue weighted by Crippen LogP contribution is 2.35. The van der Waals surface area contributed by atoms with Crippen LogP contribution in [-0.2, 0) is 0 Å². The predicted molar refractivity (Wildman–Crippen MR) is 81.8 cm³/mol. The molecule has 1 aromatic carbocycles. The van der Waals surface area contributed by atoms with E-state index >= 15 is 0 Å². The van der Waals surface area contributed by atoms with Crippen LogP contribution in [0.2, 0.25) is 0 Å². The van der Waals surface area contributed by atoms with Crippen molar-refractivity contribution in [3.8, 4) is 11.5 Å². The third kappa shape index (κ3) is 2.79. The third-order valence-corrected chi connectivity index (χ3v) is 4.08. The van der Waals surface area contributed by atoms with Crippen molar-refractivity contribution in [1.29, 1.82) is 0 Å². The molecule has 1 amide bonds. The lowest BCUT2D eigenvalue weighted by atomic mass is 10.1. The first-order valence-electron chi connectivity index (χ1n) is 7.55. The summed E-state index contributed by atoms with van der Waals surface area (Å²) in [4.78, 5) is 18.5. The van der Waals surface area contributed by atoms with Crippen molar-refractivity contribution in [3.63, 3.8) is 0 Å². The van der Waals surface area contributed by atoms with Crippen LogP contribution in [0.3, 0.4) is 0 Å². The Morgan fingerprint density at radius 1 is 1.38 bits per heavy atom. The van der Waals surface area contributed by atoms with Gasteiger partial charge in [0, 0.05) is 13.1 Å². The molecular formula is C16H18FN3O4. The first kappa shape index (κ1) is 16.2. The number of hydrogen-bond acceptors (Lipinski definition) is 6. The van der Waals surface area contributed by atoms with Gasteiger partial charge in [0.15, 0.2) is 17.3 Å². The van der Waals surface area contributed by atoms with Crippen molar-refractivity contribution in [2.45, 2.75) is 19.3 Å². The summed E-state index contributed by atoms with van der Waals surface area (Å²) in [6.45, 7) is 2.60. The van der Waals surface area contributed by atoms with E-state index in [1.165, 1.54) is 26.4 Å². The Balaban J connectivity index is 1.85. The fourth-order valence-corrected chi connectivity index (χ4v) is 2.89. The van der Waals surface area contributed by atoms with Crippen molar-refractivity contribution in [2.75, 3.05) is 27.3 Å². The van der Waals surface area contributed by atoms with E-state index in [9.17, 15) is 9.18 Å². The molecule has 7 nitrogen and oxygen atoms in total. The van der Waals surface area contributed by atoms with E-state index in [0.29, 0.717) is 37.0 Å². The highest BCUT2D eigenvalue weighted by molar-refractivity contribution is 5.98. The average molecular weight is 335 g/mol. The molecule has 2 heterocycles. The molecule has 3 rings (SSSR count). The van der Waals surface area contributed by atoms with Crippen LogP contribution < -0.4 is 9.47 Å². The van der Waals surface area contributed by atoms with Crippen molar-refractivity contribution in [1.82, 2.24) is 15.0 Å². The summed E-state index contributed by atoms with van der Waals surface area (Å²) in [5, 5.41) is 3.77. The molecule has 0 saturated carbocycles. The van der Waals surface area contributed by atoms with Gasteiger partial charge in [-0.1, -0.05) is 5.16 Å². The topological polar surface area (TPSA) is 77.7 Å². The smallest absolute Gasteiger partial charge is 0.260 e. The maximum Gasteiger partial charge on any atom is 0.260 e. The molecule has 24 heavy (non-hydrogen) atoms. The fraction of sp³-hybridized carbons (Fsp3) is 0.438. The fourth-order valence-electron chi connectivity index (χ4n) is 2.89. The van der Waals surface area contributed by atoms with Crippen molar-refractivity contribution >= 4 is 5.91 Å². The van der Waals surface area contributed by atoms with E-state index in [1.54, 1.807) is 11.8 Å². The van der Waals surface area contributed by atoms with Gasteiger partial charge in [0.2, 0.25) is 5.89 Å². The molecule has 8 heteroatoms. The van der Waals surface area contributed by atoms with Gasteiger partial charge in [-0.05, 0) is 25.5 Å². The Hall–Kier alpha value is -2.64. The van der Waals surface area contributed by atoms with E-state index in [4.69, 9.17) is 14.0 Å². The minimum atomic E-state index is -0.644. The summed E-state index contributed by atoms with van der Waals surface area (Å²) < 4.78 is 29.8. The van der Waals surface area contributed by atoms with Crippen molar-refractivity contribution < 1.29 is 23.2 Å². The second-order valence-electron chi connectivity index (χ2n) is 5.57. The zero-order valence-electron chi connectivity index (χ0n) is 13.7. The van der Waals surface area contributed by atoms with Crippen molar-refractivity contribution in [2.24, 2.45) is 0 Å². The molecule has 1 unspecified atom stereocenters. The second kappa shape index (κ2) is 6.46. The van der Waals surface area contributed by atoms with Gasteiger partial charge in [-0.2, -0.15) is 4.98 Å². The predicted octanol–water partition coefficient (Wildman–Crippen LogP) is 2.16. The Morgan fingerprint density at radius 3 is 2.79 bits per heavy atom. The van der Waals surface area contributed by atoms with Crippen LogP contribution in [0.4, 0.5) is 4.39 Å². The average Bonchev–Trinajstić information content (AvgIpc) is 3.22. The zero-order chi connectivity index (χ0) is 17.3. The SMILES string of the molecule is COc1ccc(F)c(C(=O)N2CCC(c3nc(C)no3)C2)c1OC. The Kier molecular flexibility index (Phi) is 4.37. The maximum atomic E-state index is 14.3. The number of hydrogen-bond donors (Lipinski definition) is 0. The number of nitrogens with zero attached hydrogens (tertiary/aromatic N) is 3. The molecule has 1 aliphatic heterocycles. The van der Waals surface area contributed by atoms with Crippen LogP contribution in [0.15, 0.2) is 16.7 Å². The number of rotatable bonds is 4. The van der Waals surface area contributed by atoms with Gasteiger partial charge in [-0.25, -0.2) is 4.39 Å². The number of likely N-dealkylation sites (tertiary alicyclic amines) is 1. The summed E-state index contributed by atoms with van der Waals surface area (Å²) in [6.07, 6.45) is 0.682. The van der Waals surface area contributed by atoms with Gasteiger partial charge in [0.05, 0.1) is 20.1 Å². The molecule has 0 radical (unpaired) electrons. The number of carbonyl (C=O) groups is 1. The first-order chi connectivity index (χ1) is 11.5. The molecule has 0 spiro atoms. The summed E-state index contributed by atoms with van der Waals surface area (Å²) >= 11 is 0. The summed E-state index contributed by atoms with van der Waals surface area (Å²) in [7, 11) is 2.82. The number of ether oxygens (including phenoxy) is 2. The molecule has 1 aliphatic rings. The maximum absolute atomic E-state index is 14.3. The number of halogens is 1. The Labute approximate surface area is 138 Å². The molecule has 1 saturated heterocycles. The van der Waals surface area contributed by atoms with Crippen LogP contribution in [0.5, 0.6) is 11.5 Å². The number of aryl methyl sites for hydroxylation is 1. The Bertz CT molecular complexity index is 762. The summed E-state index contributed by atoms with van der Waals surface area (Å²) in [5.41, 5.74) is -0.126. The normalized spacial score (nSPS) is 17.2. The molecule has 1 atom stereocenters. The van der Waals surface area contributed by atoms with Crippen LogP contribution in [-0.4, -0.2) is 48.3 Å².